The lowest BCUT2D eigenvalue weighted by Gasteiger charge is -2.21. The summed E-state index contributed by atoms with van der Waals surface area (Å²) in [7, 11) is 0. The zero-order valence-electron chi connectivity index (χ0n) is 10.3. The molecule has 0 atom stereocenters. The first-order valence-corrected chi connectivity index (χ1v) is 7.44. The highest BCUT2D eigenvalue weighted by molar-refractivity contribution is 7.16. The van der Waals surface area contributed by atoms with E-state index in [2.05, 4.69) is 35.9 Å². The zero-order chi connectivity index (χ0) is 13.1. The SMILES string of the molecule is CCN(c1nc(Cl)c(CCl)s1)c1ccccc1C. The van der Waals surface area contributed by atoms with Crippen molar-refractivity contribution in [3.05, 3.63) is 39.9 Å². The molecular formula is C13H14Cl2N2S. The van der Waals surface area contributed by atoms with Crippen LogP contribution < -0.4 is 4.90 Å². The smallest absolute Gasteiger partial charge is 0.191 e. The van der Waals surface area contributed by atoms with Gasteiger partial charge < -0.3 is 4.90 Å². The average Bonchev–Trinajstić information content (AvgIpc) is 2.74. The summed E-state index contributed by atoms with van der Waals surface area (Å²) in [5, 5.41) is 1.41. The van der Waals surface area contributed by atoms with Crippen molar-refractivity contribution >= 4 is 45.4 Å². The van der Waals surface area contributed by atoms with E-state index in [0.717, 1.165) is 22.2 Å². The number of thiazole rings is 1. The summed E-state index contributed by atoms with van der Waals surface area (Å²) < 4.78 is 0. The Hall–Kier alpha value is -0.770. The molecule has 1 aromatic heterocycles. The van der Waals surface area contributed by atoms with Crippen molar-refractivity contribution in [2.45, 2.75) is 19.7 Å². The quantitative estimate of drug-likeness (QED) is 0.739. The third kappa shape index (κ3) is 2.63. The van der Waals surface area contributed by atoms with Crippen LogP contribution in [-0.4, -0.2) is 11.5 Å². The van der Waals surface area contributed by atoms with Gasteiger partial charge in [0.05, 0.1) is 10.8 Å². The van der Waals surface area contributed by atoms with E-state index in [4.69, 9.17) is 23.2 Å². The van der Waals surface area contributed by atoms with Crippen molar-refractivity contribution < 1.29 is 0 Å². The number of halogens is 2. The van der Waals surface area contributed by atoms with Crippen molar-refractivity contribution in [2.75, 3.05) is 11.4 Å². The zero-order valence-corrected chi connectivity index (χ0v) is 12.6. The van der Waals surface area contributed by atoms with Crippen LogP contribution in [-0.2, 0) is 5.88 Å². The first-order chi connectivity index (χ1) is 8.67. The molecule has 96 valence electrons. The molecule has 0 saturated carbocycles. The standard InChI is InChI=1S/C13H14Cl2N2S/c1-3-17(10-7-5-4-6-9(10)2)13-16-12(15)11(8-14)18-13/h4-7H,3,8H2,1-2H3. The van der Waals surface area contributed by atoms with Crippen molar-refractivity contribution in [3.63, 3.8) is 0 Å². The first kappa shape index (κ1) is 13.7. The predicted molar refractivity (Wildman–Crippen MR) is 80.5 cm³/mol. The van der Waals surface area contributed by atoms with E-state index in [1.807, 2.05) is 12.1 Å². The van der Waals surface area contributed by atoms with Crippen LogP contribution in [0.5, 0.6) is 0 Å². The molecule has 0 aliphatic carbocycles. The molecule has 0 saturated heterocycles. The normalized spacial score (nSPS) is 10.7. The minimum Gasteiger partial charge on any atom is -0.318 e. The molecular weight excluding hydrogens is 287 g/mol. The van der Waals surface area contributed by atoms with E-state index in [9.17, 15) is 0 Å². The Bertz CT molecular complexity index is 540. The lowest BCUT2D eigenvalue weighted by Crippen LogP contribution is -2.16. The summed E-state index contributed by atoms with van der Waals surface area (Å²) in [6.07, 6.45) is 0. The van der Waals surface area contributed by atoms with Gasteiger partial charge >= 0.3 is 0 Å². The maximum absolute atomic E-state index is 6.06. The molecule has 0 bridgehead atoms. The minimum absolute atomic E-state index is 0.405. The lowest BCUT2D eigenvalue weighted by molar-refractivity contribution is 1.00. The Morgan fingerprint density at radius 3 is 2.61 bits per heavy atom. The molecule has 0 aliphatic heterocycles. The maximum atomic E-state index is 6.06. The summed E-state index contributed by atoms with van der Waals surface area (Å²) >= 11 is 13.4. The number of rotatable bonds is 4. The topological polar surface area (TPSA) is 16.1 Å². The van der Waals surface area contributed by atoms with Crippen LogP contribution in [0.15, 0.2) is 24.3 Å². The van der Waals surface area contributed by atoms with Crippen LogP contribution in [0.2, 0.25) is 5.15 Å². The van der Waals surface area contributed by atoms with Gasteiger partial charge in [-0.15, -0.1) is 11.6 Å². The van der Waals surface area contributed by atoms with E-state index in [0.29, 0.717) is 11.0 Å². The number of hydrogen-bond donors (Lipinski definition) is 0. The van der Waals surface area contributed by atoms with E-state index < -0.39 is 0 Å². The van der Waals surface area contributed by atoms with Crippen LogP contribution in [0.3, 0.4) is 0 Å². The lowest BCUT2D eigenvalue weighted by atomic mass is 10.2. The fourth-order valence-electron chi connectivity index (χ4n) is 1.79. The molecule has 5 heteroatoms. The molecule has 1 heterocycles. The molecule has 0 aliphatic rings. The number of hydrogen-bond acceptors (Lipinski definition) is 3. The van der Waals surface area contributed by atoms with Gasteiger partial charge in [-0.25, -0.2) is 4.98 Å². The Balaban J connectivity index is 2.42. The molecule has 0 N–H and O–H groups in total. The van der Waals surface area contributed by atoms with Gasteiger partial charge in [-0.2, -0.15) is 0 Å². The molecule has 0 spiro atoms. The van der Waals surface area contributed by atoms with Crippen LogP contribution in [0.1, 0.15) is 17.4 Å². The van der Waals surface area contributed by atoms with E-state index in [-0.39, 0.29) is 0 Å². The van der Waals surface area contributed by atoms with Crippen LogP contribution >= 0.6 is 34.5 Å². The molecule has 0 amide bonds. The molecule has 1 aromatic carbocycles. The average molecular weight is 301 g/mol. The summed E-state index contributed by atoms with van der Waals surface area (Å²) in [6, 6.07) is 8.25. The predicted octanol–water partition coefficient (Wildman–Crippen LogP) is 5.00. The number of aryl methyl sites for hydroxylation is 1. The van der Waals surface area contributed by atoms with E-state index in [1.165, 1.54) is 5.56 Å². The highest BCUT2D eigenvalue weighted by Gasteiger charge is 2.16. The third-order valence-corrected chi connectivity index (χ3v) is 4.64. The Kier molecular flexibility index (Phi) is 4.49. The summed E-state index contributed by atoms with van der Waals surface area (Å²) in [6.45, 7) is 5.04. The van der Waals surface area contributed by atoms with Gasteiger partial charge in [-0.1, -0.05) is 41.1 Å². The van der Waals surface area contributed by atoms with Gasteiger partial charge in [0, 0.05) is 12.2 Å². The molecule has 0 radical (unpaired) electrons. The third-order valence-electron chi connectivity index (χ3n) is 2.71. The van der Waals surface area contributed by atoms with Gasteiger partial charge in [0.25, 0.3) is 0 Å². The summed E-state index contributed by atoms with van der Waals surface area (Å²) in [5.41, 5.74) is 2.38. The molecule has 18 heavy (non-hydrogen) atoms. The summed E-state index contributed by atoms with van der Waals surface area (Å²) in [4.78, 5) is 7.47. The highest BCUT2D eigenvalue weighted by Crippen LogP contribution is 2.35. The molecule has 2 nitrogen and oxygen atoms in total. The summed E-state index contributed by atoms with van der Waals surface area (Å²) in [5.74, 6) is 0.405. The number of para-hydroxylation sites is 1. The monoisotopic (exact) mass is 300 g/mol. The number of aromatic nitrogens is 1. The van der Waals surface area contributed by atoms with Gasteiger partial charge in [0.2, 0.25) is 0 Å². The number of benzene rings is 1. The van der Waals surface area contributed by atoms with Crippen LogP contribution in [0.4, 0.5) is 10.8 Å². The van der Waals surface area contributed by atoms with Gasteiger partial charge in [-0.3, -0.25) is 0 Å². The largest absolute Gasteiger partial charge is 0.318 e. The number of alkyl halides is 1. The molecule has 2 aromatic rings. The van der Waals surface area contributed by atoms with Crippen LogP contribution in [0, 0.1) is 6.92 Å². The Morgan fingerprint density at radius 2 is 2.06 bits per heavy atom. The van der Waals surface area contributed by atoms with E-state index >= 15 is 0 Å². The molecule has 2 rings (SSSR count). The Morgan fingerprint density at radius 1 is 1.33 bits per heavy atom. The minimum atomic E-state index is 0.405. The van der Waals surface area contributed by atoms with Crippen molar-refractivity contribution in [1.82, 2.24) is 4.98 Å². The molecule has 0 fully saturated rings. The van der Waals surface area contributed by atoms with Gasteiger partial charge in [0.15, 0.2) is 5.13 Å². The van der Waals surface area contributed by atoms with Crippen LogP contribution in [0.25, 0.3) is 0 Å². The number of nitrogens with zero attached hydrogens (tertiary/aromatic N) is 2. The molecule has 0 unspecified atom stereocenters. The second-order valence-electron chi connectivity index (χ2n) is 3.87. The van der Waals surface area contributed by atoms with Crippen molar-refractivity contribution in [3.8, 4) is 0 Å². The highest BCUT2D eigenvalue weighted by atomic mass is 35.5. The van der Waals surface area contributed by atoms with Crippen molar-refractivity contribution in [1.29, 1.82) is 0 Å². The fourth-order valence-corrected chi connectivity index (χ4v) is 3.34. The Labute approximate surface area is 121 Å². The van der Waals surface area contributed by atoms with Gasteiger partial charge in [-0.05, 0) is 25.5 Å². The second kappa shape index (κ2) is 5.91. The van der Waals surface area contributed by atoms with E-state index in [1.54, 1.807) is 11.3 Å². The first-order valence-electron chi connectivity index (χ1n) is 5.71. The van der Waals surface area contributed by atoms with Crippen molar-refractivity contribution in [2.24, 2.45) is 0 Å². The second-order valence-corrected chi connectivity index (χ2v) is 5.56. The number of anilines is 2. The fraction of sp³-hybridized carbons (Fsp3) is 0.308. The maximum Gasteiger partial charge on any atom is 0.191 e. The van der Waals surface area contributed by atoms with Gasteiger partial charge in [0.1, 0.15) is 5.15 Å².